The van der Waals surface area contributed by atoms with E-state index in [0.29, 0.717) is 10.7 Å². The van der Waals surface area contributed by atoms with Crippen LogP contribution in [0.3, 0.4) is 0 Å². The third-order valence-electron chi connectivity index (χ3n) is 3.78. The summed E-state index contributed by atoms with van der Waals surface area (Å²) in [4.78, 5) is 24.7. The van der Waals surface area contributed by atoms with Gasteiger partial charge in [0.15, 0.2) is 0 Å². The van der Waals surface area contributed by atoms with Gasteiger partial charge in [-0.2, -0.15) is 5.10 Å². The average molecular weight is 431 g/mol. The molecule has 0 aliphatic heterocycles. The molecule has 2 N–H and O–H groups in total. The Morgan fingerprint density at radius 2 is 1.87 bits per heavy atom. The van der Waals surface area contributed by atoms with Crippen molar-refractivity contribution in [2.45, 2.75) is 26.4 Å². The lowest BCUT2D eigenvalue weighted by molar-refractivity contribution is 0.0635. The second-order valence-corrected chi connectivity index (χ2v) is 7.86. The van der Waals surface area contributed by atoms with Crippen LogP contribution in [0.1, 0.15) is 31.1 Å². The van der Waals surface area contributed by atoms with Crippen molar-refractivity contribution in [3.05, 3.63) is 71.3 Å². The summed E-state index contributed by atoms with van der Waals surface area (Å²) in [6, 6.07) is 10.6. The third kappa shape index (κ3) is 5.57. The van der Waals surface area contributed by atoms with Gasteiger partial charge in [0.05, 0.1) is 28.8 Å². The van der Waals surface area contributed by atoms with Crippen LogP contribution in [-0.2, 0) is 4.74 Å². The van der Waals surface area contributed by atoms with E-state index in [9.17, 15) is 14.0 Å². The number of nitrogens with zero attached hydrogens (tertiary/aromatic N) is 2. The average Bonchev–Trinajstić information content (AvgIpc) is 3.13. The maximum Gasteiger partial charge on any atom is 0.412 e. The van der Waals surface area contributed by atoms with E-state index in [1.54, 1.807) is 45.0 Å². The van der Waals surface area contributed by atoms with Gasteiger partial charge in [0.25, 0.3) is 5.91 Å². The van der Waals surface area contributed by atoms with E-state index in [0.717, 1.165) is 6.07 Å². The number of hydrogen-bond acceptors (Lipinski definition) is 4. The zero-order valence-corrected chi connectivity index (χ0v) is 17.3. The molecule has 0 atom stereocenters. The molecule has 30 heavy (non-hydrogen) atoms. The third-order valence-corrected chi connectivity index (χ3v) is 4.02. The molecule has 3 aromatic rings. The van der Waals surface area contributed by atoms with E-state index in [2.05, 4.69) is 15.7 Å². The predicted octanol–water partition coefficient (Wildman–Crippen LogP) is 5.26. The summed E-state index contributed by atoms with van der Waals surface area (Å²) in [7, 11) is 0. The van der Waals surface area contributed by atoms with Crippen molar-refractivity contribution in [1.29, 1.82) is 0 Å². The van der Waals surface area contributed by atoms with Crippen LogP contribution in [0, 0.1) is 5.82 Å². The lowest BCUT2D eigenvalue weighted by Crippen LogP contribution is -2.27. The molecule has 2 amide bonds. The predicted molar refractivity (Wildman–Crippen MR) is 113 cm³/mol. The quantitative estimate of drug-likeness (QED) is 0.590. The molecule has 0 bridgehead atoms. The number of halogens is 2. The molecule has 7 nitrogen and oxygen atoms in total. The summed E-state index contributed by atoms with van der Waals surface area (Å²) in [6.45, 7) is 5.16. The number of amides is 2. The summed E-state index contributed by atoms with van der Waals surface area (Å²) in [5.74, 6) is -1.10. The van der Waals surface area contributed by atoms with E-state index >= 15 is 0 Å². The molecular weight excluding hydrogens is 411 g/mol. The van der Waals surface area contributed by atoms with Crippen molar-refractivity contribution in [3.8, 4) is 5.69 Å². The van der Waals surface area contributed by atoms with Gasteiger partial charge in [0, 0.05) is 11.2 Å². The molecule has 156 valence electrons. The first kappa shape index (κ1) is 21.3. The number of anilines is 2. The van der Waals surface area contributed by atoms with Crippen molar-refractivity contribution >= 4 is 35.0 Å². The molecular formula is C21H20ClFN4O3. The number of carbonyl (C=O) groups is 2. The lowest BCUT2D eigenvalue weighted by atomic mass is 10.2. The van der Waals surface area contributed by atoms with Crippen molar-refractivity contribution in [3.63, 3.8) is 0 Å². The fourth-order valence-corrected chi connectivity index (χ4v) is 2.72. The van der Waals surface area contributed by atoms with Gasteiger partial charge in [-0.1, -0.05) is 17.7 Å². The Hall–Kier alpha value is -3.39. The smallest absolute Gasteiger partial charge is 0.412 e. The maximum atomic E-state index is 13.7. The zero-order chi connectivity index (χ0) is 21.9. The molecule has 1 aromatic heterocycles. The molecule has 0 fully saturated rings. The van der Waals surface area contributed by atoms with Crippen molar-refractivity contribution in [1.82, 2.24) is 9.78 Å². The van der Waals surface area contributed by atoms with Gasteiger partial charge >= 0.3 is 6.09 Å². The Morgan fingerprint density at radius 1 is 1.10 bits per heavy atom. The van der Waals surface area contributed by atoms with Crippen LogP contribution in [0.2, 0.25) is 5.02 Å². The first-order valence-electron chi connectivity index (χ1n) is 9.02. The second kappa shape index (κ2) is 8.54. The first-order chi connectivity index (χ1) is 14.1. The monoisotopic (exact) mass is 430 g/mol. The van der Waals surface area contributed by atoms with Crippen molar-refractivity contribution < 1.29 is 18.7 Å². The summed E-state index contributed by atoms with van der Waals surface area (Å²) < 4.78 is 20.4. The normalized spacial score (nSPS) is 11.1. The maximum absolute atomic E-state index is 13.7. The van der Waals surface area contributed by atoms with Crippen LogP contribution < -0.4 is 10.6 Å². The molecule has 0 aliphatic carbocycles. The van der Waals surface area contributed by atoms with Crippen LogP contribution in [0.5, 0.6) is 0 Å². The number of hydrogen-bond donors (Lipinski definition) is 2. The van der Waals surface area contributed by atoms with Gasteiger partial charge in [-0.15, -0.1) is 0 Å². The van der Waals surface area contributed by atoms with Gasteiger partial charge in [0.1, 0.15) is 11.4 Å². The van der Waals surface area contributed by atoms with Crippen molar-refractivity contribution in [2.75, 3.05) is 10.6 Å². The molecule has 0 saturated carbocycles. The standard InChI is InChI=1S/C21H20ClFN4O3/c1-21(2,3)30-20(29)26-17-8-7-15(23)10-18(17)25-19(28)13-11-24-27(12-13)16-6-4-5-14(22)9-16/h4-12H,1-3H3,(H,25,28)(H,26,29). The van der Waals surface area contributed by atoms with Crippen LogP contribution in [0.4, 0.5) is 20.6 Å². The van der Waals surface area contributed by atoms with Crippen molar-refractivity contribution in [2.24, 2.45) is 0 Å². The topological polar surface area (TPSA) is 85.2 Å². The molecule has 2 aromatic carbocycles. The van der Waals surface area contributed by atoms with Gasteiger partial charge < -0.3 is 10.1 Å². The highest BCUT2D eigenvalue weighted by Crippen LogP contribution is 2.25. The summed E-state index contributed by atoms with van der Waals surface area (Å²) in [5.41, 5.74) is 0.493. The van der Waals surface area contributed by atoms with Crippen LogP contribution in [0.15, 0.2) is 54.9 Å². The minimum atomic E-state index is -0.724. The number of nitrogens with one attached hydrogen (secondary N) is 2. The lowest BCUT2D eigenvalue weighted by Gasteiger charge is -2.20. The summed E-state index contributed by atoms with van der Waals surface area (Å²) >= 11 is 5.98. The second-order valence-electron chi connectivity index (χ2n) is 7.42. The fourth-order valence-electron chi connectivity index (χ4n) is 2.54. The SMILES string of the molecule is CC(C)(C)OC(=O)Nc1ccc(F)cc1NC(=O)c1cnn(-c2cccc(Cl)c2)c1. The van der Waals surface area contributed by atoms with Gasteiger partial charge in [-0.25, -0.2) is 13.9 Å². The minimum Gasteiger partial charge on any atom is -0.444 e. The number of benzene rings is 2. The van der Waals surface area contributed by atoms with E-state index in [1.165, 1.54) is 29.2 Å². The Labute approximate surface area is 177 Å². The number of carbonyl (C=O) groups excluding carboxylic acids is 2. The minimum absolute atomic E-state index is 0.0846. The highest BCUT2D eigenvalue weighted by atomic mass is 35.5. The Balaban J connectivity index is 1.78. The number of ether oxygens (including phenoxy) is 1. The van der Waals surface area contributed by atoms with Crippen LogP contribution >= 0.6 is 11.6 Å². The Bertz CT molecular complexity index is 1090. The zero-order valence-electron chi connectivity index (χ0n) is 16.6. The molecule has 9 heteroatoms. The molecule has 0 aliphatic rings. The van der Waals surface area contributed by atoms with E-state index < -0.39 is 23.4 Å². The van der Waals surface area contributed by atoms with Gasteiger partial charge in [-0.3, -0.25) is 10.1 Å². The number of aromatic nitrogens is 2. The fraction of sp³-hybridized carbons (Fsp3) is 0.190. The molecule has 0 saturated heterocycles. The van der Waals surface area contributed by atoms with E-state index in [-0.39, 0.29) is 16.9 Å². The van der Waals surface area contributed by atoms with E-state index in [4.69, 9.17) is 16.3 Å². The Morgan fingerprint density at radius 3 is 2.57 bits per heavy atom. The molecule has 0 spiro atoms. The first-order valence-corrected chi connectivity index (χ1v) is 9.40. The molecule has 1 heterocycles. The van der Waals surface area contributed by atoms with Crippen LogP contribution in [-0.4, -0.2) is 27.4 Å². The summed E-state index contributed by atoms with van der Waals surface area (Å²) in [5, 5.41) is 9.78. The summed E-state index contributed by atoms with van der Waals surface area (Å²) in [6.07, 6.45) is 2.16. The van der Waals surface area contributed by atoms with Gasteiger partial charge in [-0.05, 0) is 57.2 Å². The van der Waals surface area contributed by atoms with Gasteiger partial charge in [0.2, 0.25) is 0 Å². The highest BCUT2D eigenvalue weighted by Gasteiger charge is 2.19. The molecule has 3 rings (SSSR count). The molecule has 0 unspecified atom stereocenters. The van der Waals surface area contributed by atoms with E-state index in [1.807, 2.05) is 0 Å². The largest absolute Gasteiger partial charge is 0.444 e. The van der Waals surface area contributed by atoms with Crippen LogP contribution in [0.25, 0.3) is 5.69 Å². The molecule has 0 radical (unpaired) electrons. The number of rotatable bonds is 4. The Kier molecular flexibility index (Phi) is 6.07. The highest BCUT2D eigenvalue weighted by molar-refractivity contribution is 6.30.